The number of benzene rings is 1. The fourth-order valence-corrected chi connectivity index (χ4v) is 2.19. The molecule has 0 amide bonds. The first-order valence-electron chi connectivity index (χ1n) is 8.26. The number of hydrogen-bond acceptors (Lipinski definition) is 5. The van der Waals surface area contributed by atoms with Crippen LogP contribution in [0.4, 0.5) is 24.8 Å². The summed E-state index contributed by atoms with van der Waals surface area (Å²) in [5.41, 5.74) is -0.350. The summed E-state index contributed by atoms with van der Waals surface area (Å²) in [5.74, 6) is 0.261. The number of nitrogens with zero attached hydrogens (tertiary/aromatic N) is 3. The zero-order valence-electron chi connectivity index (χ0n) is 15.2. The van der Waals surface area contributed by atoms with Crippen LogP contribution in [0.2, 0.25) is 0 Å². The molecule has 0 aliphatic rings. The molecule has 0 aliphatic carbocycles. The fourth-order valence-electron chi connectivity index (χ4n) is 2.19. The second kappa shape index (κ2) is 8.25. The van der Waals surface area contributed by atoms with Crippen LogP contribution in [0.1, 0.15) is 26.3 Å². The van der Waals surface area contributed by atoms with Crippen molar-refractivity contribution in [2.45, 2.75) is 26.9 Å². The second-order valence-corrected chi connectivity index (χ2v) is 6.05. The van der Waals surface area contributed by atoms with E-state index in [0.717, 1.165) is 6.20 Å². The van der Waals surface area contributed by atoms with E-state index in [1.165, 1.54) is 0 Å². The Labute approximate surface area is 150 Å². The van der Waals surface area contributed by atoms with E-state index in [1.807, 2.05) is 26.8 Å². The molecule has 1 aromatic carbocycles. The highest BCUT2D eigenvalue weighted by Crippen LogP contribution is 2.37. The van der Waals surface area contributed by atoms with E-state index in [1.54, 1.807) is 30.1 Å². The van der Waals surface area contributed by atoms with Crippen LogP contribution < -0.4 is 14.4 Å². The molecule has 1 heterocycles. The Hall–Kier alpha value is -2.51. The normalized spacial score (nSPS) is 11.5. The van der Waals surface area contributed by atoms with Crippen LogP contribution in [0.3, 0.4) is 0 Å². The van der Waals surface area contributed by atoms with E-state index in [0.29, 0.717) is 18.0 Å². The first-order valence-corrected chi connectivity index (χ1v) is 8.26. The third kappa shape index (κ3) is 4.77. The lowest BCUT2D eigenvalue weighted by Crippen LogP contribution is -2.18. The van der Waals surface area contributed by atoms with Gasteiger partial charge in [0, 0.05) is 13.2 Å². The van der Waals surface area contributed by atoms with E-state index < -0.39 is 17.6 Å². The van der Waals surface area contributed by atoms with Crippen LogP contribution in [0.25, 0.3) is 0 Å². The second-order valence-electron chi connectivity index (χ2n) is 6.05. The van der Waals surface area contributed by atoms with Crippen molar-refractivity contribution < 1.29 is 22.6 Å². The largest absolute Gasteiger partial charge is 0.492 e. The molecule has 1 aromatic heterocycles. The van der Waals surface area contributed by atoms with Crippen molar-refractivity contribution >= 4 is 11.6 Å². The van der Waals surface area contributed by atoms with Crippen LogP contribution in [0.5, 0.6) is 11.6 Å². The molecule has 0 bridgehead atoms. The molecule has 0 unspecified atom stereocenters. The highest BCUT2D eigenvalue weighted by Gasteiger charge is 2.36. The molecule has 0 spiro atoms. The van der Waals surface area contributed by atoms with Gasteiger partial charge in [-0.15, -0.1) is 0 Å². The Bertz CT molecular complexity index is 736. The van der Waals surface area contributed by atoms with Crippen LogP contribution in [-0.2, 0) is 6.18 Å². The van der Waals surface area contributed by atoms with Gasteiger partial charge in [-0.3, -0.25) is 0 Å². The fraction of sp³-hybridized carbons (Fsp3) is 0.444. The Morgan fingerprint density at radius 2 is 1.85 bits per heavy atom. The van der Waals surface area contributed by atoms with Gasteiger partial charge in [0.05, 0.1) is 18.9 Å². The maximum atomic E-state index is 13.2. The average molecular weight is 369 g/mol. The van der Waals surface area contributed by atoms with Gasteiger partial charge >= 0.3 is 6.18 Å². The van der Waals surface area contributed by atoms with E-state index in [-0.39, 0.29) is 18.5 Å². The first-order chi connectivity index (χ1) is 12.2. The van der Waals surface area contributed by atoms with E-state index in [2.05, 4.69) is 9.97 Å². The van der Waals surface area contributed by atoms with Crippen molar-refractivity contribution in [3.63, 3.8) is 0 Å². The van der Waals surface area contributed by atoms with Crippen molar-refractivity contribution in [2.75, 3.05) is 25.2 Å². The van der Waals surface area contributed by atoms with Crippen molar-refractivity contribution in [3.8, 4) is 11.6 Å². The average Bonchev–Trinajstić information content (AvgIpc) is 2.59. The van der Waals surface area contributed by atoms with Gasteiger partial charge in [0.15, 0.2) is 0 Å². The number of anilines is 2. The highest BCUT2D eigenvalue weighted by atomic mass is 19.4. The van der Waals surface area contributed by atoms with Crippen molar-refractivity contribution in [3.05, 3.63) is 36.0 Å². The minimum atomic E-state index is -4.59. The molecule has 0 aliphatic heterocycles. The highest BCUT2D eigenvalue weighted by molar-refractivity contribution is 5.65. The summed E-state index contributed by atoms with van der Waals surface area (Å²) in [5, 5.41) is 0. The minimum absolute atomic E-state index is 0.0610. The zero-order chi connectivity index (χ0) is 19.3. The predicted octanol–water partition coefficient (Wildman–Crippen LogP) is 4.70. The molecule has 2 rings (SSSR count). The van der Waals surface area contributed by atoms with E-state index >= 15 is 0 Å². The quantitative estimate of drug-likeness (QED) is 0.708. The zero-order valence-corrected chi connectivity index (χ0v) is 15.2. The number of hydrogen-bond donors (Lipinski definition) is 0. The van der Waals surface area contributed by atoms with Gasteiger partial charge < -0.3 is 14.4 Å². The third-order valence-electron chi connectivity index (χ3n) is 3.43. The summed E-state index contributed by atoms with van der Waals surface area (Å²) in [7, 11) is 1.66. The van der Waals surface area contributed by atoms with Gasteiger partial charge in [0.1, 0.15) is 11.3 Å². The Balaban J connectivity index is 2.42. The third-order valence-corrected chi connectivity index (χ3v) is 3.43. The first kappa shape index (κ1) is 19.8. The standard InChI is InChI=1S/C18H22F3N3O2/c1-5-25-15-9-7-6-8-14(15)24(4)17-22-10-13(18(19,20)21)16(23-17)26-11-12(2)3/h6-10,12H,5,11H2,1-4H3. The molecule has 0 fully saturated rings. The Kier molecular flexibility index (Phi) is 6.28. The number of halogens is 3. The van der Waals surface area contributed by atoms with Crippen LogP contribution in [0.15, 0.2) is 30.5 Å². The molecule has 5 nitrogen and oxygen atoms in total. The molecule has 0 atom stereocenters. The van der Waals surface area contributed by atoms with Crippen molar-refractivity contribution in [1.82, 2.24) is 9.97 Å². The van der Waals surface area contributed by atoms with Gasteiger partial charge in [-0.1, -0.05) is 26.0 Å². The number of rotatable bonds is 7. The molecule has 26 heavy (non-hydrogen) atoms. The van der Waals surface area contributed by atoms with Crippen molar-refractivity contribution in [2.24, 2.45) is 5.92 Å². The maximum absolute atomic E-state index is 13.2. The summed E-state index contributed by atoms with van der Waals surface area (Å²) in [4.78, 5) is 9.44. The lowest BCUT2D eigenvalue weighted by atomic mass is 10.2. The molecule has 0 saturated heterocycles. The molecule has 8 heteroatoms. The number of para-hydroxylation sites is 2. The number of alkyl halides is 3. The molecule has 0 radical (unpaired) electrons. The molecular formula is C18H22F3N3O2. The van der Waals surface area contributed by atoms with Crippen molar-refractivity contribution in [1.29, 1.82) is 0 Å². The van der Waals surface area contributed by atoms with Crippen LogP contribution in [0, 0.1) is 5.92 Å². The van der Waals surface area contributed by atoms with Gasteiger partial charge in [-0.2, -0.15) is 18.2 Å². The topological polar surface area (TPSA) is 47.5 Å². The molecule has 0 saturated carbocycles. The molecule has 142 valence electrons. The lowest BCUT2D eigenvalue weighted by molar-refractivity contribution is -0.139. The van der Waals surface area contributed by atoms with Gasteiger partial charge in [-0.05, 0) is 25.0 Å². The Morgan fingerprint density at radius 1 is 1.15 bits per heavy atom. The molecular weight excluding hydrogens is 347 g/mol. The van der Waals surface area contributed by atoms with Crippen LogP contribution >= 0.6 is 0 Å². The molecule has 0 N–H and O–H groups in total. The predicted molar refractivity (Wildman–Crippen MR) is 93.0 cm³/mol. The number of aromatic nitrogens is 2. The monoisotopic (exact) mass is 369 g/mol. The smallest absolute Gasteiger partial charge is 0.423 e. The van der Waals surface area contributed by atoms with Gasteiger partial charge in [0.2, 0.25) is 11.8 Å². The maximum Gasteiger partial charge on any atom is 0.423 e. The van der Waals surface area contributed by atoms with E-state index in [4.69, 9.17) is 9.47 Å². The summed E-state index contributed by atoms with van der Waals surface area (Å²) in [6.45, 7) is 6.13. The summed E-state index contributed by atoms with van der Waals surface area (Å²) < 4.78 is 50.5. The number of ether oxygens (including phenoxy) is 2. The van der Waals surface area contributed by atoms with E-state index in [9.17, 15) is 13.2 Å². The summed E-state index contributed by atoms with van der Waals surface area (Å²) >= 11 is 0. The van der Waals surface area contributed by atoms with Gasteiger partial charge in [-0.25, -0.2) is 4.98 Å². The Morgan fingerprint density at radius 3 is 2.46 bits per heavy atom. The SMILES string of the molecule is CCOc1ccccc1N(C)c1ncc(C(F)(F)F)c(OCC(C)C)n1. The molecule has 2 aromatic rings. The summed E-state index contributed by atoms with van der Waals surface area (Å²) in [6.07, 6.45) is -3.84. The van der Waals surface area contributed by atoms with Gasteiger partial charge in [0.25, 0.3) is 0 Å². The minimum Gasteiger partial charge on any atom is -0.492 e. The van der Waals surface area contributed by atoms with Crippen LogP contribution in [-0.4, -0.2) is 30.2 Å². The summed E-state index contributed by atoms with van der Waals surface area (Å²) in [6, 6.07) is 7.16. The lowest BCUT2D eigenvalue weighted by Gasteiger charge is -2.22.